The van der Waals surface area contributed by atoms with Gasteiger partial charge in [-0.2, -0.15) is 0 Å². The molecule has 1 heterocycles. The van der Waals surface area contributed by atoms with Gasteiger partial charge in [0.15, 0.2) is 0 Å². The standard InChI is InChI=1S/C30H37NO7S2/c1-5-22-12-14-28(39-22)27(19-37-6-2)38-18-21-11-13-24(25(17-21)23-10-8-7-9-20(23)3)29(32)31-26(30(33)34)15-16-40(4,35)36/h7-14,17,26-27H,5-6,15-16,18-19H2,1-4H3,(H,31,32)(H,33,34). The van der Waals surface area contributed by atoms with Crippen LogP contribution in [-0.2, 0) is 37.1 Å². The quantitative estimate of drug-likeness (QED) is 0.251. The highest BCUT2D eigenvalue weighted by Crippen LogP contribution is 2.31. The molecule has 0 aliphatic heterocycles. The lowest BCUT2D eigenvalue weighted by Gasteiger charge is -2.19. The van der Waals surface area contributed by atoms with Crippen molar-refractivity contribution < 1.29 is 32.6 Å². The van der Waals surface area contributed by atoms with Gasteiger partial charge < -0.3 is 19.9 Å². The summed E-state index contributed by atoms with van der Waals surface area (Å²) in [6, 6.07) is 15.8. The average molecular weight is 588 g/mol. The number of sulfone groups is 1. The summed E-state index contributed by atoms with van der Waals surface area (Å²) < 4.78 is 35.1. The van der Waals surface area contributed by atoms with E-state index in [1.807, 2.05) is 44.2 Å². The lowest BCUT2D eigenvalue weighted by Crippen LogP contribution is -2.42. The molecular weight excluding hydrogens is 550 g/mol. The molecule has 0 saturated carbocycles. The van der Waals surface area contributed by atoms with E-state index >= 15 is 0 Å². The normalized spacial score (nSPS) is 13.1. The number of thiophene rings is 1. The van der Waals surface area contributed by atoms with Gasteiger partial charge in [0.25, 0.3) is 5.91 Å². The Hall–Kier alpha value is -3.05. The second kappa shape index (κ2) is 14.5. The van der Waals surface area contributed by atoms with Crippen LogP contribution in [0.2, 0.25) is 0 Å². The maximum Gasteiger partial charge on any atom is 0.326 e. The van der Waals surface area contributed by atoms with Crippen molar-refractivity contribution in [1.29, 1.82) is 0 Å². The molecule has 0 radical (unpaired) electrons. The molecule has 0 aliphatic rings. The minimum Gasteiger partial charge on any atom is -0.480 e. The van der Waals surface area contributed by atoms with Crippen LogP contribution in [0.15, 0.2) is 54.6 Å². The summed E-state index contributed by atoms with van der Waals surface area (Å²) in [5, 5.41) is 12.1. The van der Waals surface area contributed by atoms with Crippen molar-refractivity contribution in [3.63, 3.8) is 0 Å². The van der Waals surface area contributed by atoms with Crippen molar-refractivity contribution in [3.05, 3.63) is 81.0 Å². The molecule has 40 heavy (non-hydrogen) atoms. The molecule has 8 nitrogen and oxygen atoms in total. The maximum absolute atomic E-state index is 13.3. The molecule has 0 aliphatic carbocycles. The number of carbonyl (C=O) groups is 2. The molecule has 1 amide bonds. The number of benzene rings is 2. The summed E-state index contributed by atoms with van der Waals surface area (Å²) in [5.74, 6) is -2.23. The van der Waals surface area contributed by atoms with E-state index in [-0.39, 0.29) is 24.9 Å². The van der Waals surface area contributed by atoms with E-state index in [1.54, 1.807) is 23.5 Å². The Morgan fingerprint density at radius 3 is 2.42 bits per heavy atom. The fraction of sp³-hybridized carbons (Fsp3) is 0.400. The van der Waals surface area contributed by atoms with Crippen LogP contribution in [-0.4, -0.2) is 56.7 Å². The Morgan fingerprint density at radius 2 is 1.80 bits per heavy atom. The number of carbonyl (C=O) groups excluding carboxylic acids is 1. The molecule has 0 saturated heterocycles. The molecule has 0 bridgehead atoms. The monoisotopic (exact) mass is 587 g/mol. The zero-order chi connectivity index (χ0) is 29.3. The van der Waals surface area contributed by atoms with Crippen LogP contribution in [0.1, 0.15) is 57.6 Å². The molecule has 3 rings (SSSR count). The van der Waals surface area contributed by atoms with Crippen LogP contribution >= 0.6 is 11.3 Å². The second-order valence-electron chi connectivity index (χ2n) is 9.59. The Kier molecular flexibility index (Phi) is 11.4. The number of nitrogens with one attached hydrogen (secondary N) is 1. The van der Waals surface area contributed by atoms with Crippen LogP contribution in [0, 0.1) is 6.92 Å². The van der Waals surface area contributed by atoms with Gasteiger partial charge in [-0.3, -0.25) is 4.79 Å². The van der Waals surface area contributed by atoms with Crippen molar-refractivity contribution >= 4 is 33.1 Å². The van der Waals surface area contributed by atoms with Crippen LogP contribution in [0.3, 0.4) is 0 Å². The summed E-state index contributed by atoms with van der Waals surface area (Å²) in [6.07, 6.45) is 1.52. The van der Waals surface area contributed by atoms with Crippen molar-refractivity contribution in [2.75, 3.05) is 25.2 Å². The zero-order valence-corrected chi connectivity index (χ0v) is 24.9. The first-order valence-electron chi connectivity index (χ1n) is 13.2. The average Bonchev–Trinajstić information content (AvgIpc) is 3.39. The van der Waals surface area contributed by atoms with Crippen LogP contribution in [0.4, 0.5) is 0 Å². The Morgan fingerprint density at radius 1 is 1.05 bits per heavy atom. The number of carboxylic acid groups (broad SMARTS) is 1. The van der Waals surface area contributed by atoms with Gasteiger partial charge >= 0.3 is 5.97 Å². The van der Waals surface area contributed by atoms with Crippen molar-refractivity contribution in [2.24, 2.45) is 0 Å². The van der Waals surface area contributed by atoms with Gasteiger partial charge in [-0.1, -0.05) is 37.3 Å². The van der Waals surface area contributed by atoms with E-state index in [4.69, 9.17) is 9.47 Å². The van der Waals surface area contributed by atoms with Gasteiger partial charge in [-0.15, -0.1) is 11.3 Å². The summed E-state index contributed by atoms with van der Waals surface area (Å²) in [6.45, 7) is 7.28. The number of ether oxygens (including phenoxy) is 2. The fourth-order valence-corrected chi connectivity index (χ4v) is 5.84. The topological polar surface area (TPSA) is 119 Å². The van der Waals surface area contributed by atoms with Gasteiger partial charge in [0.1, 0.15) is 22.0 Å². The zero-order valence-electron chi connectivity index (χ0n) is 23.3. The lowest BCUT2D eigenvalue weighted by atomic mass is 9.93. The minimum atomic E-state index is -3.39. The lowest BCUT2D eigenvalue weighted by molar-refractivity contribution is -0.139. The SMILES string of the molecule is CCOCC(OCc1ccc(C(=O)NC(CCS(C)(=O)=O)C(=O)O)c(-c2ccccc2C)c1)c1ccc(CC)s1. The first-order chi connectivity index (χ1) is 19.0. The molecule has 0 spiro atoms. The van der Waals surface area contributed by atoms with Gasteiger partial charge in [0, 0.05) is 28.2 Å². The molecular formula is C30H37NO7S2. The molecule has 1 aromatic heterocycles. The van der Waals surface area contributed by atoms with E-state index in [0.717, 1.165) is 34.2 Å². The highest BCUT2D eigenvalue weighted by Gasteiger charge is 2.24. The molecule has 2 N–H and O–H groups in total. The molecule has 2 unspecified atom stereocenters. The first kappa shape index (κ1) is 31.5. The molecule has 2 atom stereocenters. The smallest absolute Gasteiger partial charge is 0.326 e. The van der Waals surface area contributed by atoms with Gasteiger partial charge in [0.2, 0.25) is 0 Å². The van der Waals surface area contributed by atoms with E-state index in [1.165, 1.54) is 4.88 Å². The third-order valence-corrected chi connectivity index (χ3v) is 8.72. The van der Waals surface area contributed by atoms with Crippen LogP contribution in [0.25, 0.3) is 11.1 Å². The van der Waals surface area contributed by atoms with Gasteiger partial charge in [0.05, 0.1) is 19.0 Å². The number of hydrogen-bond acceptors (Lipinski definition) is 7. The number of aryl methyl sites for hydroxylation is 2. The second-order valence-corrected chi connectivity index (χ2v) is 13.1. The summed E-state index contributed by atoms with van der Waals surface area (Å²) in [4.78, 5) is 27.5. The maximum atomic E-state index is 13.3. The van der Waals surface area contributed by atoms with E-state index < -0.39 is 27.8 Å². The van der Waals surface area contributed by atoms with E-state index in [9.17, 15) is 23.1 Å². The van der Waals surface area contributed by atoms with Crippen LogP contribution < -0.4 is 5.32 Å². The van der Waals surface area contributed by atoms with Crippen molar-refractivity contribution in [3.8, 4) is 11.1 Å². The van der Waals surface area contributed by atoms with Gasteiger partial charge in [-0.05, 0) is 73.2 Å². The fourth-order valence-electron chi connectivity index (χ4n) is 4.19. The minimum absolute atomic E-state index is 0.227. The van der Waals surface area contributed by atoms with Crippen molar-refractivity contribution in [1.82, 2.24) is 5.32 Å². The Labute approximate surface area is 240 Å². The molecule has 3 aromatic rings. The number of carboxylic acids is 1. The largest absolute Gasteiger partial charge is 0.480 e. The highest BCUT2D eigenvalue weighted by atomic mass is 32.2. The number of aliphatic carboxylic acids is 1. The molecule has 216 valence electrons. The highest BCUT2D eigenvalue weighted by molar-refractivity contribution is 7.90. The summed E-state index contributed by atoms with van der Waals surface area (Å²) in [5.41, 5.74) is 3.54. The van der Waals surface area contributed by atoms with E-state index in [0.29, 0.717) is 24.3 Å². The first-order valence-corrected chi connectivity index (χ1v) is 16.1. The third-order valence-electron chi connectivity index (χ3n) is 6.42. The third kappa shape index (κ3) is 8.99. The number of amides is 1. The predicted molar refractivity (Wildman–Crippen MR) is 158 cm³/mol. The summed E-state index contributed by atoms with van der Waals surface area (Å²) >= 11 is 1.70. The Balaban J connectivity index is 1.90. The number of hydrogen-bond donors (Lipinski definition) is 2. The predicted octanol–water partition coefficient (Wildman–Crippen LogP) is 5.20. The Bertz CT molecular complexity index is 1410. The molecule has 2 aromatic carbocycles. The molecule has 0 fully saturated rings. The summed E-state index contributed by atoms with van der Waals surface area (Å²) in [7, 11) is -3.39. The molecule has 10 heteroatoms. The van der Waals surface area contributed by atoms with Crippen molar-refractivity contribution in [2.45, 2.75) is 52.4 Å². The van der Waals surface area contributed by atoms with E-state index in [2.05, 4.69) is 24.4 Å². The van der Waals surface area contributed by atoms with Crippen LogP contribution in [0.5, 0.6) is 0 Å². The number of rotatable bonds is 15. The van der Waals surface area contributed by atoms with Gasteiger partial charge in [-0.25, -0.2) is 13.2 Å².